The van der Waals surface area contributed by atoms with Gasteiger partial charge in [0.2, 0.25) is 0 Å². The highest BCUT2D eigenvalue weighted by Gasteiger charge is 2.23. The Morgan fingerprint density at radius 3 is 1.88 bits per heavy atom. The van der Waals surface area contributed by atoms with Crippen LogP contribution in [0.3, 0.4) is 0 Å². The molecule has 0 fully saturated rings. The van der Waals surface area contributed by atoms with Gasteiger partial charge in [0.25, 0.3) is 0 Å². The van der Waals surface area contributed by atoms with Crippen molar-refractivity contribution < 1.29 is 24.8 Å². The Kier molecular flexibility index (Phi) is 9.55. The van der Waals surface area contributed by atoms with E-state index in [2.05, 4.69) is 24.2 Å². The lowest BCUT2D eigenvalue weighted by Gasteiger charge is -2.26. The van der Waals surface area contributed by atoms with Gasteiger partial charge in [-0.05, 0) is 58.0 Å². The Morgan fingerprint density at radius 2 is 1.44 bits per heavy atom. The average Bonchev–Trinajstić information content (AvgIpc) is 3.20. The fourth-order valence-electron chi connectivity index (χ4n) is 3.34. The highest BCUT2D eigenvalue weighted by Crippen LogP contribution is 2.33. The van der Waals surface area contributed by atoms with Crippen LogP contribution in [0.1, 0.15) is 30.7 Å². The molecule has 0 radical (unpaired) electrons. The second kappa shape index (κ2) is 12.2. The van der Waals surface area contributed by atoms with Gasteiger partial charge in [-0.15, -0.1) is 16.7 Å². The molecular formula is C24H29ClIN3O5. The minimum absolute atomic E-state index is 0.104. The molecule has 0 unspecified atom stereocenters. The Morgan fingerprint density at radius 1 is 0.941 bits per heavy atom. The summed E-state index contributed by atoms with van der Waals surface area (Å²) in [5.41, 5.74) is 2.46. The monoisotopic (exact) mass is 601 g/mol. The van der Waals surface area contributed by atoms with E-state index in [4.69, 9.17) is 21.1 Å². The van der Waals surface area contributed by atoms with Crippen molar-refractivity contribution in [3.8, 4) is 11.5 Å². The Balaban J connectivity index is 1.56. The summed E-state index contributed by atoms with van der Waals surface area (Å²) in [4.78, 5) is 0. The summed E-state index contributed by atoms with van der Waals surface area (Å²) in [6.45, 7) is 4.57. The largest absolute Gasteiger partial charge is 0.491 e. The molecule has 2 atom stereocenters. The number of halogens is 2. The minimum Gasteiger partial charge on any atom is -0.491 e. The van der Waals surface area contributed by atoms with Crippen LogP contribution in [0.15, 0.2) is 48.5 Å². The fraction of sp³-hybridized carbons (Fsp3) is 0.417. The maximum Gasteiger partial charge on any atom is 0.125 e. The lowest BCUT2D eigenvalue weighted by atomic mass is 9.78. The van der Waals surface area contributed by atoms with E-state index in [1.165, 1.54) is 0 Å². The number of hydrogen-bond acceptors (Lipinski definition) is 7. The zero-order valence-corrected chi connectivity index (χ0v) is 22.0. The molecule has 0 spiro atoms. The standard InChI is InChI=1S/C24H29ClIN3O5/c1-24(2,16-3-7-20(8-4-16)33-14-18(31)11-25)17-5-9-21(10-6-17)34-15-19(32)12-29-23(26)22(13-30)27-28-29/h3-10,18-19,30-32H,11-15H2,1-2H3/t18-,19+/m0/s1. The molecule has 0 aliphatic rings. The predicted molar refractivity (Wildman–Crippen MR) is 137 cm³/mol. The number of aromatic nitrogens is 3. The Hall–Kier alpha value is -1.92. The average molecular weight is 602 g/mol. The third-order valence-electron chi connectivity index (χ3n) is 5.49. The van der Waals surface area contributed by atoms with Crippen LogP contribution in [0.25, 0.3) is 0 Å². The summed E-state index contributed by atoms with van der Waals surface area (Å²) >= 11 is 7.64. The number of alkyl halides is 1. The number of nitrogens with zero attached hydrogens (tertiary/aromatic N) is 3. The highest BCUT2D eigenvalue weighted by atomic mass is 127. The summed E-state index contributed by atoms with van der Waals surface area (Å²) in [6, 6.07) is 15.6. The zero-order valence-electron chi connectivity index (χ0n) is 19.1. The van der Waals surface area contributed by atoms with Gasteiger partial charge in [-0.3, -0.25) is 0 Å². The first-order chi connectivity index (χ1) is 16.2. The molecule has 3 aromatic rings. The topological polar surface area (TPSA) is 110 Å². The number of aliphatic hydroxyl groups is 3. The normalized spacial score (nSPS) is 13.5. The Bertz CT molecular complexity index is 1040. The first-order valence-electron chi connectivity index (χ1n) is 10.8. The molecular weight excluding hydrogens is 573 g/mol. The van der Waals surface area contributed by atoms with E-state index in [9.17, 15) is 15.3 Å². The van der Waals surface area contributed by atoms with Gasteiger partial charge in [0.05, 0.1) is 19.0 Å². The molecule has 0 amide bonds. The van der Waals surface area contributed by atoms with E-state index >= 15 is 0 Å². The molecule has 0 bridgehead atoms. The molecule has 0 saturated carbocycles. The smallest absolute Gasteiger partial charge is 0.125 e. The lowest BCUT2D eigenvalue weighted by Crippen LogP contribution is -2.25. The lowest BCUT2D eigenvalue weighted by molar-refractivity contribution is 0.0881. The number of rotatable bonds is 12. The maximum absolute atomic E-state index is 10.3. The van der Waals surface area contributed by atoms with Crippen LogP contribution in [0.5, 0.6) is 11.5 Å². The van der Waals surface area contributed by atoms with Gasteiger partial charge in [0, 0.05) is 5.41 Å². The van der Waals surface area contributed by atoms with Crippen molar-refractivity contribution in [2.75, 3.05) is 19.1 Å². The second-order valence-electron chi connectivity index (χ2n) is 8.42. The van der Waals surface area contributed by atoms with E-state index in [0.717, 1.165) is 11.1 Å². The van der Waals surface area contributed by atoms with Gasteiger partial charge in [-0.2, -0.15) is 0 Å². The van der Waals surface area contributed by atoms with Gasteiger partial charge in [-0.25, -0.2) is 4.68 Å². The SMILES string of the molecule is CC(C)(c1ccc(OC[C@@H](O)CCl)cc1)c1ccc(OC[C@H](O)Cn2nnc(CO)c2I)cc1. The molecule has 1 heterocycles. The summed E-state index contributed by atoms with van der Waals surface area (Å²) in [7, 11) is 0. The van der Waals surface area contributed by atoms with E-state index in [1.807, 2.05) is 71.1 Å². The minimum atomic E-state index is -0.774. The van der Waals surface area contributed by atoms with Gasteiger partial charge in [0.1, 0.15) is 46.3 Å². The maximum atomic E-state index is 10.3. The van der Waals surface area contributed by atoms with Crippen LogP contribution in [0.4, 0.5) is 0 Å². The van der Waals surface area contributed by atoms with Crippen LogP contribution in [0.2, 0.25) is 0 Å². The molecule has 1 aromatic heterocycles. The Labute approximate surface area is 217 Å². The molecule has 2 aromatic carbocycles. The number of ether oxygens (including phenoxy) is 2. The first-order valence-corrected chi connectivity index (χ1v) is 12.4. The summed E-state index contributed by atoms with van der Waals surface area (Å²) in [6.07, 6.45) is -1.46. The molecule has 0 aliphatic heterocycles. The van der Waals surface area contributed by atoms with Crippen LogP contribution in [-0.4, -0.2) is 61.6 Å². The van der Waals surface area contributed by atoms with Gasteiger partial charge in [0.15, 0.2) is 0 Å². The number of aliphatic hydroxyl groups excluding tert-OH is 3. The van der Waals surface area contributed by atoms with Crippen LogP contribution in [-0.2, 0) is 18.6 Å². The number of hydrogen-bond donors (Lipinski definition) is 3. The van der Waals surface area contributed by atoms with Crippen molar-refractivity contribution in [3.05, 3.63) is 69.1 Å². The quantitative estimate of drug-likeness (QED) is 0.216. The third-order valence-corrected chi connectivity index (χ3v) is 7.02. The van der Waals surface area contributed by atoms with Crippen LogP contribution < -0.4 is 9.47 Å². The van der Waals surface area contributed by atoms with Crippen molar-refractivity contribution in [2.24, 2.45) is 0 Å². The van der Waals surface area contributed by atoms with Crippen molar-refractivity contribution in [3.63, 3.8) is 0 Å². The van der Waals surface area contributed by atoms with E-state index in [1.54, 1.807) is 4.68 Å². The van der Waals surface area contributed by atoms with Crippen molar-refractivity contribution in [1.29, 1.82) is 0 Å². The van der Waals surface area contributed by atoms with Crippen LogP contribution in [0, 0.1) is 3.70 Å². The summed E-state index contributed by atoms with van der Waals surface area (Å²) < 4.78 is 13.5. The molecule has 3 rings (SSSR count). The molecule has 184 valence electrons. The molecule has 3 N–H and O–H groups in total. The molecule has 34 heavy (non-hydrogen) atoms. The molecule has 0 saturated heterocycles. The summed E-state index contributed by atoms with van der Waals surface area (Å²) in [5.74, 6) is 1.47. The van der Waals surface area contributed by atoms with E-state index < -0.39 is 12.2 Å². The van der Waals surface area contributed by atoms with Crippen molar-refractivity contribution in [2.45, 2.75) is 44.6 Å². The van der Waals surface area contributed by atoms with Crippen LogP contribution >= 0.6 is 34.2 Å². The zero-order chi connectivity index (χ0) is 24.7. The fourth-order valence-corrected chi connectivity index (χ4v) is 4.00. The molecule has 8 nitrogen and oxygen atoms in total. The van der Waals surface area contributed by atoms with Gasteiger partial charge < -0.3 is 24.8 Å². The summed E-state index contributed by atoms with van der Waals surface area (Å²) in [5, 5.41) is 36.8. The first kappa shape index (κ1) is 26.7. The highest BCUT2D eigenvalue weighted by molar-refractivity contribution is 14.1. The molecule has 10 heteroatoms. The van der Waals surface area contributed by atoms with Crippen molar-refractivity contribution >= 4 is 34.2 Å². The number of benzene rings is 2. The van der Waals surface area contributed by atoms with Gasteiger partial charge >= 0.3 is 0 Å². The van der Waals surface area contributed by atoms with E-state index in [-0.39, 0.29) is 37.7 Å². The van der Waals surface area contributed by atoms with Gasteiger partial charge in [-0.1, -0.05) is 43.3 Å². The van der Waals surface area contributed by atoms with E-state index in [0.29, 0.717) is 20.9 Å². The van der Waals surface area contributed by atoms with Crippen molar-refractivity contribution in [1.82, 2.24) is 15.0 Å². The third kappa shape index (κ3) is 6.82. The molecule has 0 aliphatic carbocycles. The predicted octanol–water partition coefficient (Wildman–Crippen LogP) is 3.12. The second-order valence-corrected chi connectivity index (χ2v) is 9.76.